The minimum absolute atomic E-state index is 1.13. The molecule has 1 aromatic heterocycles. The number of fused-ring (bicyclic) bond motifs is 15. The van der Waals surface area contributed by atoms with Crippen molar-refractivity contribution in [3.05, 3.63) is 279 Å². The lowest BCUT2D eigenvalue weighted by Crippen LogP contribution is -2.24. The van der Waals surface area contributed by atoms with Crippen LogP contribution in [0.2, 0.25) is 0 Å². The van der Waals surface area contributed by atoms with Gasteiger partial charge >= 0.3 is 0 Å². The molecular formula is C70H47N5. The summed E-state index contributed by atoms with van der Waals surface area (Å²) < 4.78 is 2.38. The second kappa shape index (κ2) is 17.3. The van der Waals surface area contributed by atoms with Crippen LogP contribution in [-0.4, -0.2) is 4.57 Å². The molecule has 0 aliphatic carbocycles. The normalized spacial score (nSPS) is 12.6. The molecule has 0 amide bonds. The summed E-state index contributed by atoms with van der Waals surface area (Å²) >= 11 is 0. The van der Waals surface area contributed by atoms with Gasteiger partial charge in [-0.2, -0.15) is 0 Å². The number of rotatable bonds is 4. The van der Waals surface area contributed by atoms with Gasteiger partial charge < -0.3 is 24.6 Å². The lowest BCUT2D eigenvalue weighted by Gasteiger charge is -2.41. The minimum Gasteiger partial charge on any atom is -0.352 e. The first-order valence-corrected chi connectivity index (χ1v) is 25.7. The fourth-order valence-electron chi connectivity index (χ4n) is 11.9. The maximum atomic E-state index is 3.73. The molecule has 0 saturated heterocycles. The summed E-state index contributed by atoms with van der Waals surface area (Å²) in [4.78, 5) is 7.33. The van der Waals surface area contributed by atoms with Gasteiger partial charge in [0, 0.05) is 55.1 Å². The van der Waals surface area contributed by atoms with Crippen LogP contribution in [0.25, 0.3) is 70.6 Å². The number of para-hydroxylation sites is 4. The van der Waals surface area contributed by atoms with Crippen LogP contribution in [0.4, 0.5) is 62.6 Å². The first-order chi connectivity index (χ1) is 37.2. The van der Waals surface area contributed by atoms with Gasteiger partial charge in [0.05, 0.1) is 56.5 Å². The fourth-order valence-corrected chi connectivity index (χ4v) is 11.9. The van der Waals surface area contributed by atoms with Crippen molar-refractivity contribution in [1.29, 1.82) is 0 Å². The molecule has 0 radical (unpaired) electrons. The molecular weight excluding hydrogens is 911 g/mol. The maximum absolute atomic E-state index is 3.73. The van der Waals surface area contributed by atoms with E-state index in [1.54, 1.807) is 0 Å². The summed E-state index contributed by atoms with van der Waals surface area (Å²) in [6.45, 7) is 0. The summed E-state index contributed by atoms with van der Waals surface area (Å²) in [5.41, 5.74) is 16.3. The molecule has 13 aromatic carbocycles. The standard InChI is InChI=1S/C44H29N3.C26H18N2/c1-3-15-32(16-4-1)45-39-22-12-11-21-37(39)38-29-34(25-28-40(38)45)47-42-27-24-30-13-7-9-19-35(30)43(42)46(33-17-5-2-6-18-33)41-26-23-31-14-8-10-20-36(31)44(41)47;1-2-10-20(11-3-1)28-24-17-15-18-8-4-6-12-21(18)25(24)27-23-16-14-19-9-5-7-13-22(19)26(23)28/h1-29H;1-17,27H. The van der Waals surface area contributed by atoms with Gasteiger partial charge in [0.2, 0.25) is 0 Å². The topological polar surface area (TPSA) is 26.7 Å². The summed E-state index contributed by atoms with van der Waals surface area (Å²) in [6.07, 6.45) is 0. The quantitative estimate of drug-likeness (QED) is 0.190. The molecule has 2 aliphatic rings. The molecule has 3 heterocycles. The van der Waals surface area contributed by atoms with Gasteiger partial charge in [0.15, 0.2) is 0 Å². The lowest BCUT2D eigenvalue weighted by molar-refractivity contribution is 1.17. The Morgan fingerprint density at radius 1 is 0.240 bits per heavy atom. The van der Waals surface area contributed by atoms with Crippen molar-refractivity contribution < 1.29 is 0 Å². The van der Waals surface area contributed by atoms with Crippen molar-refractivity contribution in [3.8, 4) is 5.69 Å². The van der Waals surface area contributed by atoms with Crippen molar-refractivity contribution in [2.75, 3.05) is 20.0 Å². The SMILES string of the molecule is c1ccc(N2c3ccc4ccccc4c3N(c3ccc4c(c3)c3ccccc3n4-c3ccccc3)c3ccc4ccccc4c32)cc1.c1ccc(N2c3ccc4ccccc4c3Nc3ccc4ccccc4c32)cc1. The number of benzene rings is 13. The van der Waals surface area contributed by atoms with E-state index in [0.29, 0.717) is 0 Å². The number of nitrogens with zero attached hydrogens (tertiary/aromatic N) is 4. The lowest BCUT2D eigenvalue weighted by atomic mass is 9.96. The van der Waals surface area contributed by atoms with Crippen LogP contribution in [0.3, 0.4) is 0 Å². The van der Waals surface area contributed by atoms with E-state index in [0.717, 1.165) is 45.5 Å². The zero-order valence-electron chi connectivity index (χ0n) is 40.8. The van der Waals surface area contributed by atoms with Gasteiger partial charge in [-0.1, -0.05) is 194 Å². The first-order valence-electron chi connectivity index (χ1n) is 25.7. The zero-order chi connectivity index (χ0) is 49.4. The molecule has 14 aromatic rings. The Balaban J connectivity index is 0.000000150. The van der Waals surface area contributed by atoms with Crippen LogP contribution in [0, 0.1) is 0 Å². The molecule has 0 unspecified atom stereocenters. The summed E-state index contributed by atoms with van der Waals surface area (Å²) in [5.74, 6) is 0. The van der Waals surface area contributed by atoms with E-state index in [9.17, 15) is 0 Å². The number of hydrogen-bond acceptors (Lipinski definition) is 4. The van der Waals surface area contributed by atoms with Crippen LogP contribution in [0.15, 0.2) is 279 Å². The Labute approximate surface area is 434 Å². The van der Waals surface area contributed by atoms with Gasteiger partial charge in [0.1, 0.15) is 0 Å². The third kappa shape index (κ3) is 6.79. The van der Waals surface area contributed by atoms with E-state index < -0.39 is 0 Å². The Morgan fingerprint density at radius 2 is 0.640 bits per heavy atom. The first kappa shape index (κ1) is 42.6. The van der Waals surface area contributed by atoms with E-state index in [2.05, 4.69) is 304 Å². The highest BCUT2D eigenvalue weighted by Crippen LogP contribution is 2.59. The third-order valence-electron chi connectivity index (χ3n) is 15.2. The van der Waals surface area contributed by atoms with Gasteiger partial charge in [0.25, 0.3) is 0 Å². The molecule has 5 heteroatoms. The highest BCUT2D eigenvalue weighted by molar-refractivity contribution is 6.19. The molecule has 16 rings (SSSR count). The van der Waals surface area contributed by atoms with E-state index in [-0.39, 0.29) is 0 Å². The predicted octanol–water partition coefficient (Wildman–Crippen LogP) is 19.9. The molecule has 0 bridgehead atoms. The molecule has 5 nitrogen and oxygen atoms in total. The number of hydrogen-bond donors (Lipinski definition) is 1. The Bertz CT molecular complexity index is 4530. The second-order valence-electron chi connectivity index (χ2n) is 19.4. The number of nitrogens with one attached hydrogen (secondary N) is 1. The summed E-state index contributed by atoms with van der Waals surface area (Å²) in [7, 11) is 0. The average molecular weight is 958 g/mol. The minimum atomic E-state index is 1.13. The Morgan fingerprint density at radius 3 is 1.21 bits per heavy atom. The van der Waals surface area contributed by atoms with Gasteiger partial charge in [-0.3, -0.25) is 0 Å². The molecule has 1 N–H and O–H groups in total. The molecule has 75 heavy (non-hydrogen) atoms. The van der Waals surface area contributed by atoms with Crippen molar-refractivity contribution in [1.82, 2.24) is 4.57 Å². The van der Waals surface area contributed by atoms with E-state index in [4.69, 9.17) is 0 Å². The van der Waals surface area contributed by atoms with Crippen LogP contribution in [0.1, 0.15) is 0 Å². The Kier molecular flexibility index (Phi) is 9.82. The number of anilines is 11. The average Bonchev–Trinajstić information content (AvgIpc) is 3.87. The monoisotopic (exact) mass is 957 g/mol. The largest absolute Gasteiger partial charge is 0.352 e. The molecule has 0 atom stereocenters. The van der Waals surface area contributed by atoms with Crippen molar-refractivity contribution in [2.45, 2.75) is 0 Å². The van der Waals surface area contributed by atoms with Crippen molar-refractivity contribution in [3.63, 3.8) is 0 Å². The third-order valence-corrected chi connectivity index (χ3v) is 15.2. The van der Waals surface area contributed by atoms with E-state index >= 15 is 0 Å². The van der Waals surface area contributed by atoms with Gasteiger partial charge in [-0.25, -0.2) is 0 Å². The zero-order valence-corrected chi connectivity index (χ0v) is 40.8. The second-order valence-corrected chi connectivity index (χ2v) is 19.4. The number of aromatic nitrogens is 1. The van der Waals surface area contributed by atoms with Crippen LogP contribution in [-0.2, 0) is 0 Å². The van der Waals surface area contributed by atoms with Crippen molar-refractivity contribution >= 4 is 127 Å². The van der Waals surface area contributed by atoms with Crippen LogP contribution in [0.5, 0.6) is 0 Å². The molecule has 0 saturated carbocycles. The highest BCUT2D eigenvalue weighted by Gasteiger charge is 2.34. The maximum Gasteiger partial charge on any atom is 0.0782 e. The Hall–Kier alpha value is -10.1. The van der Waals surface area contributed by atoms with Crippen molar-refractivity contribution in [2.24, 2.45) is 0 Å². The molecule has 2 aliphatic heterocycles. The summed E-state index contributed by atoms with van der Waals surface area (Å²) in [5, 5.41) is 16.1. The molecule has 0 spiro atoms. The molecule has 352 valence electrons. The van der Waals surface area contributed by atoms with Gasteiger partial charge in [-0.05, 0) is 106 Å². The summed E-state index contributed by atoms with van der Waals surface area (Å²) in [6, 6.07) is 100. The van der Waals surface area contributed by atoms with E-state index in [1.807, 2.05) is 0 Å². The van der Waals surface area contributed by atoms with Crippen LogP contribution < -0.4 is 20.0 Å². The van der Waals surface area contributed by atoms with Crippen LogP contribution >= 0.6 is 0 Å². The van der Waals surface area contributed by atoms with E-state index in [1.165, 1.54) is 87.6 Å². The highest BCUT2D eigenvalue weighted by atomic mass is 15.3. The molecule has 0 fully saturated rings. The predicted molar refractivity (Wildman–Crippen MR) is 318 cm³/mol. The van der Waals surface area contributed by atoms with Gasteiger partial charge in [-0.15, -0.1) is 0 Å². The smallest absolute Gasteiger partial charge is 0.0782 e. The fraction of sp³-hybridized carbons (Fsp3) is 0.